The number of aromatic carboxylic acids is 1. The van der Waals surface area contributed by atoms with Gasteiger partial charge in [0, 0.05) is 6.07 Å². The SMILES string of the molecule is CNS(=O)(=O)c1cc(C(=O)O)cc([N+](=O)[O-])c1Oc1ccccc1. The lowest BCUT2D eigenvalue weighted by Crippen LogP contribution is -2.20. The van der Waals surface area contributed by atoms with Crippen LogP contribution in [-0.2, 0) is 10.0 Å². The average Bonchev–Trinajstić information content (AvgIpc) is 2.55. The van der Waals surface area contributed by atoms with Gasteiger partial charge in [0.15, 0.2) is 0 Å². The molecule has 0 saturated heterocycles. The molecular weight excluding hydrogens is 340 g/mol. The zero-order chi connectivity index (χ0) is 17.9. The van der Waals surface area contributed by atoms with Crippen molar-refractivity contribution in [1.82, 2.24) is 4.72 Å². The monoisotopic (exact) mass is 352 g/mol. The number of hydrogen-bond acceptors (Lipinski definition) is 6. The summed E-state index contributed by atoms with van der Waals surface area (Å²) in [6, 6.07) is 9.38. The molecule has 2 aromatic rings. The van der Waals surface area contributed by atoms with E-state index in [4.69, 9.17) is 9.84 Å². The fourth-order valence-corrected chi connectivity index (χ4v) is 2.76. The van der Waals surface area contributed by atoms with Crippen LogP contribution in [0.25, 0.3) is 0 Å². The van der Waals surface area contributed by atoms with Gasteiger partial charge in [-0.15, -0.1) is 0 Å². The third-order valence-corrected chi connectivity index (χ3v) is 4.42. The summed E-state index contributed by atoms with van der Waals surface area (Å²) in [4.78, 5) is 20.9. The number of nitro benzene ring substituents is 1. The van der Waals surface area contributed by atoms with E-state index < -0.39 is 42.8 Å². The molecule has 9 nitrogen and oxygen atoms in total. The predicted octanol–water partition coefficient (Wildman–Crippen LogP) is 1.99. The Bertz CT molecular complexity index is 895. The van der Waals surface area contributed by atoms with E-state index in [0.29, 0.717) is 0 Å². The van der Waals surface area contributed by atoms with Crippen LogP contribution in [0.15, 0.2) is 47.4 Å². The number of ether oxygens (including phenoxy) is 1. The Balaban J connectivity index is 2.78. The van der Waals surface area contributed by atoms with E-state index in [1.807, 2.05) is 4.72 Å². The Labute approximate surface area is 136 Å². The molecule has 0 spiro atoms. The number of sulfonamides is 1. The number of hydrogen-bond donors (Lipinski definition) is 2. The molecule has 0 aliphatic carbocycles. The second-order valence-electron chi connectivity index (χ2n) is 4.51. The number of para-hydroxylation sites is 1. The molecule has 0 heterocycles. The van der Waals surface area contributed by atoms with Crippen LogP contribution in [0.3, 0.4) is 0 Å². The second kappa shape index (κ2) is 6.64. The average molecular weight is 352 g/mol. The summed E-state index contributed by atoms with van der Waals surface area (Å²) < 4.78 is 31.7. The third-order valence-electron chi connectivity index (χ3n) is 3.00. The number of nitrogens with one attached hydrogen (secondary N) is 1. The van der Waals surface area contributed by atoms with E-state index in [1.54, 1.807) is 18.2 Å². The lowest BCUT2D eigenvalue weighted by atomic mass is 10.2. The molecule has 0 aliphatic heterocycles. The lowest BCUT2D eigenvalue weighted by molar-refractivity contribution is -0.385. The molecule has 0 unspecified atom stereocenters. The number of benzene rings is 2. The van der Waals surface area contributed by atoms with Crippen molar-refractivity contribution in [2.75, 3.05) is 7.05 Å². The van der Waals surface area contributed by atoms with E-state index in [-0.39, 0.29) is 5.75 Å². The molecule has 0 amide bonds. The van der Waals surface area contributed by atoms with Gasteiger partial charge in [0.2, 0.25) is 15.8 Å². The Morgan fingerprint density at radius 1 is 1.25 bits per heavy atom. The van der Waals surface area contributed by atoms with Gasteiger partial charge in [0.25, 0.3) is 0 Å². The van der Waals surface area contributed by atoms with Gasteiger partial charge in [-0.3, -0.25) is 10.1 Å². The first-order valence-electron chi connectivity index (χ1n) is 6.48. The number of nitrogens with zero attached hydrogens (tertiary/aromatic N) is 1. The van der Waals surface area contributed by atoms with Crippen LogP contribution in [-0.4, -0.2) is 31.5 Å². The van der Waals surface area contributed by atoms with Crippen molar-refractivity contribution in [2.45, 2.75) is 4.90 Å². The van der Waals surface area contributed by atoms with Gasteiger partial charge < -0.3 is 9.84 Å². The van der Waals surface area contributed by atoms with Crippen molar-refractivity contribution in [3.05, 3.63) is 58.1 Å². The molecular formula is C14H12N2O7S. The number of carboxylic acid groups (broad SMARTS) is 1. The molecule has 2 aromatic carbocycles. The van der Waals surface area contributed by atoms with E-state index in [2.05, 4.69) is 0 Å². The first-order chi connectivity index (χ1) is 11.3. The number of nitro groups is 1. The summed E-state index contributed by atoms with van der Waals surface area (Å²) in [5, 5.41) is 20.3. The Kier molecular flexibility index (Phi) is 4.81. The highest BCUT2D eigenvalue weighted by Gasteiger charge is 2.30. The topological polar surface area (TPSA) is 136 Å². The smallest absolute Gasteiger partial charge is 0.335 e. The van der Waals surface area contributed by atoms with Crippen molar-refractivity contribution >= 4 is 21.7 Å². The van der Waals surface area contributed by atoms with Gasteiger partial charge in [0.1, 0.15) is 10.6 Å². The highest BCUT2D eigenvalue weighted by molar-refractivity contribution is 7.89. The standard InChI is InChI=1S/C14H12N2O7S/c1-15-24(21,22)12-8-9(14(17)18)7-11(16(19)20)13(12)23-10-5-3-2-4-6-10/h2-8,15H,1H3,(H,17,18). The molecule has 0 aromatic heterocycles. The summed E-state index contributed by atoms with van der Waals surface area (Å²) in [5.74, 6) is -1.90. The van der Waals surface area contributed by atoms with E-state index in [0.717, 1.165) is 19.2 Å². The van der Waals surface area contributed by atoms with Crippen LogP contribution < -0.4 is 9.46 Å². The highest BCUT2D eigenvalue weighted by atomic mass is 32.2. The van der Waals surface area contributed by atoms with Gasteiger partial charge in [0.05, 0.1) is 10.5 Å². The number of carboxylic acids is 1. The molecule has 126 valence electrons. The van der Waals surface area contributed by atoms with Crippen LogP contribution >= 0.6 is 0 Å². The molecule has 0 fully saturated rings. The van der Waals surface area contributed by atoms with Crippen molar-refractivity contribution in [2.24, 2.45) is 0 Å². The van der Waals surface area contributed by atoms with Crippen LogP contribution in [0.5, 0.6) is 11.5 Å². The first kappa shape index (κ1) is 17.4. The maximum Gasteiger partial charge on any atom is 0.335 e. The van der Waals surface area contributed by atoms with Gasteiger partial charge in [-0.05, 0) is 25.2 Å². The molecule has 2 N–H and O–H groups in total. The van der Waals surface area contributed by atoms with Crippen LogP contribution in [0, 0.1) is 10.1 Å². The highest BCUT2D eigenvalue weighted by Crippen LogP contribution is 2.38. The molecule has 0 saturated carbocycles. The molecule has 0 atom stereocenters. The van der Waals surface area contributed by atoms with Crippen LogP contribution in [0.2, 0.25) is 0 Å². The zero-order valence-electron chi connectivity index (χ0n) is 12.3. The van der Waals surface area contributed by atoms with E-state index in [9.17, 15) is 23.3 Å². The number of rotatable bonds is 6. The van der Waals surface area contributed by atoms with Gasteiger partial charge in [-0.25, -0.2) is 17.9 Å². The normalized spacial score (nSPS) is 11.0. The molecule has 0 bridgehead atoms. The van der Waals surface area contributed by atoms with Crippen molar-refractivity contribution in [3.63, 3.8) is 0 Å². The third kappa shape index (κ3) is 3.50. The maximum atomic E-state index is 12.2. The maximum absolute atomic E-state index is 12.2. The van der Waals surface area contributed by atoms with E-state index in [1.165, 1.54) is 12.1 Å². The van der Waals surface area contributed by atoms with Crippen molar-refractivity contribution < 1.29 is 28.0 Å². The fourth-order valence-electron chi connectivity index (χ4n) is 1.87. The lowest BCUT2D eigenvalue weighted by Gasteiger charge is -2.12. The summed E-state index contributed by atoms with van der Waals surface area (Å²) in [7, 11) is -3.11. The largest absolute Gasteiger partial charge is 0.478 e. The van der Waals surface area contributed by atoms with Crippen LogP contribution in [0.1, 0.15) is 10.4 Å². The zero-order valence-corrected chi connectivity index (χ0v) is 13.1. The predicted molar refractivity (Wildman–Crippen MR) is 82.8 cm³/mol. The number of carbonyl (C=O) groups is 1. The van der Waals surface area contributed by atoms with Crippen molar-refractivity contribution in [3.8, 4) is 11.5 Å². The first-order valence-corrected chi connectivity index (χ1v) is 7.96. The molecule has 2 rings (SSSR count). The summed E-state index contributed by atoms with van der Waals surface area (Å²) in [5.41, 5.74) is -1.32. The molecule has 10 heteroatoms. The fraction of sp³-hybridized carbons (Fsp3) is 0.0714. The Morgan fingerprint density at radius 3 is 2.38 bits per heavy atom. The van der Waals surface area contributed by atoms with Gasteiger partial charge >= 0.3 is 11.7 Å². The summed E-state index contributed by atoms with van der Waals surface area (Å²) >= 11 is 0. The Hall–Kier alpha value is -2.98. The molecule has 24 heavy (non-hydrogen) atoms. The summed E-state index contributed by atoms with van der Waals surface area (Å²) in [6.45, 7) is 0. The molecule has 0 radical (unpaired) electrons. The minimum Gasteiger partial charge on any atom is -0.478 e. The minimum absolute atomic E-state index is 0.163. The van der Waals surface area contributed by atoms with Gasteiger partial charge in [-0.2, -0.15) is 0 Å². The second-order valence-corrected chi connectivity index (χ2v) is 6.36. The van der Waals surface area contributed by atoms with Gasteiger partial charge in [-0.1, -0.05) is 18.2 Å². The minimum atomic E-state index is -4.20. The molecule has 0 aliphatic rings. The van der Waals surface area contributed by atoms with Crippen molar-refractivity contribution in [1.29, 1.82) is 0 Å². The van der Waals surface area contributed by atoms with E-state index >= 15 is 0 Å². The Morgan fingerprint density at radius 2 is 1.88 bits per heavy atom. The quantitative estimate of drug-likeness (QED) is 0.599. The summed E-state index contributed by atoms with van der Waals surface area (Å²) in [6.07, 6.45) is 0. The van der Waals surface area contributed by atoms with Crippen LogP contribution in [0.4, 0.5) is 5.69 Å².